The van der Waals surface area contributed by atoms with Crippen molar-refractivity contribution < 1.29 is 14.9 Å². The van der Waals surface area contributed by atoms with Gasteiger partial charge in [0.15, 0.2) is 5.82 Å². The molecule has 0 aliphatic carbocycles. The van der Waals surface area contributed by atoms with Crippen LogP contribution in [0.4, 0.5) is 0 Å². The van der Waals surface area contributed by atoms with E-state index in [1.807, 2.05) is 38.1 Å². The van der Waals surface area contributed by atoms with Crippen LogP contribution in [-0.2, 0) is 17.8 Å². The van der Waals surface area contributed by atoms with Crippen molar-refractivity contribution in [3.8, 4) is 22.9 Å². The van der Waals surface area contributed by atoms with Crippen molar-refractivity contribution in [2.24, 2.45) is 0 Å². The number of nitrogens with zero attached hydrogens (tertiary/aromatic N) is 2. The number of methoxy groups -OCH3 is 1. The minimum Gasteiger partial charge on any atom is -0.508 e. The van der Waals surface area contributed by atoms with Crippen LogP contribution in [0.5, 0.6) is 11.5 Å². The van der Waals surface area contributed by atoms with Gasteiger partial charge in [-0.25, -0.2) is 9.89 Å². The van der Waals surface area contributed by atoms with Gasteiger partial charge in [-0.05, 0) is 41.6 Å². The number of rotatable bonds is 10. The van der Waals surface area contributed by atoms with Crippen LogP contribution in [0.25, 0.3) is 11.4 Å². The van der Waals surface area contributed by atoms with Gasteiger partial charge in [0.05, 0.1) is 12.1 Å². The number of hydrogen-bond donors (Lipinski definition) is 4. The highest BCUT2D eigenvalue weighted by Crippen LogP contribution is 2.36. The van der Waals surface area contributed by atoms with Gasteiger partial charge >= 0.3 is 5.69 Å². The molecule has 0 saturated heterocycles. The first-order chi connectivity index (χ1) is 14.9. The normalized spacial score (nSPS) is 11.4. The van der Waals surface area contributed by atoms with Crippen molar-refractivity contribution in [2.75, 3.05) is 20.3 Å². The number of H-pyrrole nitrogens is 1. The second-order valence-corrected chi connectivity index (χ2v) is 7.86. The van der Waals surface area contributed by atoms with Gasteiger partial charge < -0.3 is 20.3 Å². The zero-order chi connectivity index (χ0) is 22.4. The average molecular weight is 427 g/mol. The van der Waals surface area contributed by atoms with E-state index < -0.39 is 0 Å². The molecule has 3 aromatic rings. The number of ether oxygens (including phenoxy) is 1. The third kappa shape index (κ3) is 5.53. The highest BCUT2D eigenvalue weighted by Gasteiger charge is 2.18. The maximum absolute atomic E-state index is 12.4. The molecule has 0 radical (unpaired) electrons. The van der Waals surface area contributed by atoms with E-state index in [9.17, 15) is 15.0 Å². The fourth-order valence-electron chi connectivity index (χ4n) is 3.42. The predicted molar refractivity (Wildman–Crippen MR) is 119 cm³/mol. The number of nitrogens with one attached hydrogen (secondary N) is 2. The van der Waals surface area contributed by atoms with Gasteiger partial charge in [-0.2, -0.15) is 5.10 Å². The molecule has 0 saturated carbocycles. The molecule has 4 N–H and O–H groups in total. The van der Waals surface area contributed by atoms with Gasteiger partial charge in [0.1, 0.15) is 11.5 Å². The molecule has 2 aromatic carbocycles. The summed E-state index contributed by atoms with van der Waals surface area (Å²) in [5.74, 6) is 0.270. The van der Waals surface area contributed by atoms with Gasteiger partial charge in [0, 0.05) is 26.3 Å². The van der Waals surface area contributed by atoms with Crippen LogP contribution in [0, 0.1) is 0 Å². The van der Waals surface area contributed by atoms with Crippen molar-refractivity contribution >= 4 is 0 Å². The van der Waals surface area contributed by atoms with Crippen molar-refractivity contribution in [3.05, 3.63) is 63.6 Å². The number of aromatic hydroxyl groups is 2. The Hall–Kier alpha value is -3.10. The van der Waals surface area contributed by atoms with Crippen LogP contribution in [-0.4, -0.2) is 45.2 Å². The fraction of sp³-hybridized carbons (Fsp3) is 0.391. The lowest BCUT2D eigenvalue weighted by Crippen LogP contribution is -2.19. The van der Waals surface area contributed by atoms with Crippen LogP contribution in [0.2, 0.25) is 0 Å². The summed E-state index contributed by atoms with van der Waals surface area (Å²) in [6.45, 7) is 6.59. The van der Waals surface area contributed by atoms with E-state index in [2.05, 4.69) is 15.5 Å². The summed E-state index contributed by atoms with van der Waals surface area (Å²) in [4.78, 5) is 12.4. The smallest absolute Gasteiger partial charge is 0.343 e. The number of phenols is 2. The van der Waals surface area contributed by atoms with E-state index in [0.29, 0.717) is 23.5 Å². The Morgan fingerprint density at radius 2 is 1.84 bits per heavy atom. The van der Waals surface area contributed by atoms with Crippen LogP contribution in [0.15, 0.2) is 41.2 Å². The topological polar surface area (TPSA) is 112 Å². The zero-order valence-corrected chi connectivity index (χ0v) is 18.2. The first kappa shape index (κ1) is 22.6. The largest absolute Gasteiger partial charge is 0.508 e. The van der Waals surface area contributed by atoms with Crippen LogP contribution in [0.3, 0.4) is 0 Å². The molecule has 8 nitrogen and oxygen atoms in total. The lowest BCUT2D eigenvalue weighted by molar-refractivity contribution is 0.194. The number of aromatic amines is 1. The minimum absolute atomic E-state index is 0.0205. The van der Waals surface area contributed by atoms with Crippen molar-refractivity contribution in [3.63, 3.8) is 0 Å². The summed E-state index contributed by atoms with van der Waals surface area (Å²) in [7, 11) is 1.70. The fourth-order valence-corrected chi connectivity index (χ4v) is 3.42. The van der Waals surface area contributed by atoms with E-state index in [4.69, 9.17) is 4.74 Å². The molecular weight excluding hydrogens is 396 g/mol. The molecule has 0 amide bonds. The van der Waals surface area contributed by atoms with Gasteiger partial charge in [0.25, 0.3) is 0 Å². The van der Waals surface area contributed by atoms with E-state index in [0.717, 1.165) is 37.2 Å². The average Bonchev–Trinajstić information content (AvgIpc) is 3.09. The highest BCUT2D eigenvalue weighted by atomic mass is 16.5. The quantitative estimate of drug-likeness (QED) is 0.371. The standard InChI is InChI=1S/C23H30N4O4/c1-15(2)18-11-19(21(29)12-20(18)28)22-25-26-23(30)27(22)14-17-7-5-16(6-8-17)13-24-9-4-10-31-3/h5-8,11-12,15,24,28-29H,4,9-10,13-14H2,1-3H3,(H,26,30). The molecule has 0 aliphatic heterocycles. The summed E-state index contributed by atoms with van der Waals surface area (Å²) in [6, 6.07) is 11.0. The van der Waals surface area contributed by atoms with Crippen molar-refractivity contribution in [1.82, 2.24) is 20.1 Å². The van der Waals surface area contributed by atoms with Crippen LogP contribution in [0.1, 0.15) is 42.9 Å². The summed E-state index contributed by atoms with van der Waals surface area (Å²) in [5.41, 5.74) is 2.81. The Balaban J connectivity index is 1.78. The number of benzene rings is 2. The Bertz CT molecular complexity index is 1050. The molecule has 166 valence electrons. The Kier molecular flexibility index (Phi) is 7.49. The van der Waals surface area contributed by atoms with E-state index in [1.165, 1.54) is 10.6 Å². The molecule has 0 fully saturated rings. The summed E-state index contributed by atoms with van der Waals surface area (Å²) < 4.78 is 6.52. The molecule has 0 spiro atoms. The Labute approximate surface area is 181 Å². The Morgan fingerprint density at radius 1 is 1.13 bits per heavy atom. The van der Waals surface area contributed by atoms with Crippen LogP contribution < -0.4 is 11.0 Å². The van der Waals surface area contributed by atoms with Gasteiger partial charge in [-0.15, -0.1) is 0 Å². The molecule has 0 unspecified atom stereocenters. The van der Waals surface area contributed by atoms with E-state index in [1.54, 1.807) is 13.2 Å². The van der Waals surface area contributed by atoms with Gasteiger partial charge in [-0.1, -0.05) is 38.1 Å². The van der Waals surface area contributed by atoms with E-state index >= 15 is 0 Å². The monoisotopic (exact) mass is 426 g/mol. The number of hydrogen-bond acceptors (Lipinski definition) is 6. The molecular formula is C23H30N4O4. The molecule has 1 heterocycles. The maximum Gasteiger partial charge on any atom is 0.343 e. The molecule has 0 bridgehead atoms. The highest BCUT2D eigenvalue weighted by molar-refractivity contribution is 5.67. The zero-order valence-electron chi connectivity index (χ0n) is 18.2. The molecule has 0 aliphatic rings. The summed E-state index contributed by atoms with van der Waals surface area (Å²) in [6.07, 6.45) is 0.962. The van der Waals surface area contributed by atoms with Gasteiger partial charge in [0.2, 0.25) is 0 Å². The lowest BCUT2D eigenvalue weighted by Gasteiger charge is -2.13. The van der Waals surface area contributed by atoms with Crippen LogP contribution >= 0.6 is 0 Å². The molecule has 8 heteroatoms. The Morgan fingerprint density at radius 3 is 2.52 bits per heavy atom. The summed E-state index contributed by atoms with van der Waals surface area (Å²) in [5, 5.41) is 30.4. The molecule has 1 aromatic heterocycles. The second-order valence-electron chi connectivity index (χ2n) is 7.86. The maximum atomic E-state index is 12.4. The third-order valence-electron chi connectivity index (χ3n) is 5.16. The first-order valence-electron chi connectivity index (χ1n) is 10.4. The second kappa shape index (κ2) is 10.3. The molecule has 3 rings (SSSR count). The third-order valence-corrected chi connectivity index (χ3v) is 5.16. The van der Waals surface area contributed by atoms with Crippen molar-refractivity contribution in [2.45, 2.75) is 39.3 Å². The lowest BCUT2D eigenvalue weighted by atomic mass is 9.98. The van der Waals surface area contributed by atoms with Gasteiger partial charge in [-0.3, -0.25) is 4.57 Å². The summed E-state index contributed by atoms with van der Waals surface area (Å²) >= 11 is 0. The molecule has 31 heavy (non-hydrogen) atoms. The molecule has 0 atom stereocenters. The minimum atomic E-state index is -0.363. The SMILES string of the molecule is COCCCNCc1ccc(Cn2c(-c3cc(C(C)C)c(O)cc3O)n[nH]c2=O)cc1. The van der Waals surface area contributed by atoms with E-state index in [-0.39, 0.29) is 23.1 Å². The number of aromatic nitrogens is 3. The van der Waals surface area contributed by atoms with Crippen molar-refractivity contribution in [1.29, 1.82) is 0 Å². The first-order valence-corrected chi connectivity index (χ1v) is 10.4. The number of phenolic OH excluding ortho intramolecular Hbond substituents is 2. The predicted octanol–water partition coefficient (Wildman–Crippen LogP) is 2.95.